The van der Waals surface area contributed by atoms with E-state index in [2.05, 4.69) is 0 Å². The Bertz CT molecular complexity index is 1090. The van der Waals surface area contributed by atoms with Crippen LogP contribution in [0.5, 0.6) is 0 Å². The molecule has 3 aromatic rings. The maximum atomic E-state index is 13.3. The van der Waals surface area contributed by atoms with Crippen molar-refractivity contribution in [1.29, 1.82) is 0 Å². The molecule has 0 aliphatic heterocycles. The summed E-state index contributed by atoms with van der Waals surface area (Å²) in [6, 6.07) is 17.9. The van der Waals surface area contributed by atoms with Crippen LogP contribution in [0.25, 0.3) is 10.8 Å². The second-order valence-electron chi connectivity index (χ2n) is 6.32. The second-order valence-corrected chi connectivity index (χ2v) is 8.10. The van der Waals surface area contributed by atoms with Gasteiger partial charge in [0, 0.05) is 6.42 Å². The molecule has 0 saturated heterocycles. The van der Waals surface area contributed by atoms with E-state index < -0.39 is 15.9 Å². The number of aryl methyl sites for hydroxylation is 2. The van der Waals surface area contributed by atoms with E-state index in [1.165, 1.54) is 0 Å². The van der Waals surface area contributed by atoms with Crippen LogP contribution in [0.1, 0.15) is 24.5 Å². The Balaban J connectivity index is 2.19. The van der Waals surface area contributed by atoms with Gasteiger partial charge in [0.25, 0.3) is 10.0 Å². The largest absolute Gasteiger partial charge is 0.273 e. The Morgan fingerprint density at radius 2 is 1.62 bits per heavy atom. The molecule has 1 amide bonds. The highest BCUT2D eigenvalue weighted by atomic mass is 32.2. The van der Waals surface area contributed by atoms with E-state index in [-0.39, 0.29) is 11.3 Å². The summed E-state index contributed by atoms with van der Waals surface area (Å²) in [5.41, 5.74) is 2.16. The lowest BCUT2D eigenvalue weighted by molar-refractivity contribution is -0.117. The molecule has 0 atom stereocenters. The number of fused-ring (bicyclic) bond motifs is 1. The Labute approximate surface area is 154 Å². The van der Waals surface area contributed by atoms with Crippen LogP contribution >= 0.6 is 0 Å². The molecular formula is C21H21NO3S. The van der Waals surface area contributed by atoms with Crippen LogP contribution in [0.4, 0.5) is 5.69 Å². The van der Waals surface area contributed by atoms with Gasteiger partial charge in [-0.25, -0.2) is 12.7 Å². The van der Waals surface area contributed by atoms with Gasteiger partial charge >= 0.3 is 0 Å². The van der Waals surface area contributed by atoms with Gasteiger partial charge in [-0.15, -0.1) is 0 Å². The van der Waals surface area contributed by atoms with Crippen LogP contribution < -0.4 is 4.31 Å². The molecule has 0 N–H and O–H groups in total. The molecule has 5 heteroatoms. The normalized spacial score (nSPS) is 11.5. The van der Waals surface area contributed by atoms with Gasteiger partial charge < -0.3 is 0 Å². The first-order chi connectivity index (χ1) is 12.3. The number of carbonyl (C=O) groups is 1. The van der Waals surface area contributed by atoms with E-state index in [1.54, 1.807) is 31.2 Å². The lowest BCUT2D eigenvalue weighted by atomic mass is 10.1. The standard InChI is InChI=1S/C21H21NO3S/c1-4-21(23)22(20-12-9-15(2)13-16(20)3)26(24,25)19-11-10-17-7-5-6-8-18(17)14-19/h5-14H,4H2,1-3H3. The maximum absolute atomic E-state index is 13.3. The number of anilines is 1. The molecule has 0 aromatic heterocycles. The molecule has 26 heavy (non-hydrogen) atoms. The third kappa shape index (κ3) is 3.22. The zero-order valence-electron chi connectivity index (χ0n) is 15.1. The molecule has 0 aliphatic carbocycles. The highest BCUT2D eigenvalue weighted by molar-refractivity contribution is 7.93. The summed E-state index contributed by atoms with van der Waals surface area (Å²) in [6.45, 7) is 5.41. The van der Waals surface area contributed by atoms with E-state index in [0.29, 0.717) is 5.69 Å². The average molecular weight is 367 g/mol. The third-order valence-electron chi connectivity index (χ3n) is 4.36. The second kappa shape index (κ2) is 6.92. The summed E-state index contributed by atoms with van der Waals surface area (Å²) in [6.07, 6.45) is 0.0973. The van der Waals surface area contributed by atoms with Gasteiger partial charge in [-0.2, -0.15) is 0 Å². The SMILES string of the molecule is CCC(=O)N(c1ccc(C)cc1C)S(=O)(=O)c1ccc2ccccc2c1. The molecule has 0 aliphatic rings. The lowest BCUT2D eigenvalue weighted by Gasteiger charge is -2.24. The Morgan fingerprint density at radius 3 is 2.27 bits per heavy atom. The fraction of sp³-hybridized carbons (Fsp3) is 0.190. The minimum Gasteiger partial charge on any atom is -0.273 e. The van der Waals surface area contributed by atoms with Gasteiger partial charge in [0.2, 0.25) is 5.91 Å². The topological polar surface area (TPSA) is 54.5 Å². The highest BCUT2D eigenvalue weighted by Gasteiger charge is 2.31. The zero-order chi connectivity index (χ0) is 18.9. The smallest absolute Gasteiger partial charge is 0.270 e. The molecule has 3 aromatic carbocycles. The molecule has 0 spiro atoms. The number of hydrogen-bond donors (Lipinski definition) is 0. The zero-order valence-corrected chi connectivity index (χ0v) is 15.9. The molecule has 0 bridgehead atoms. The predicted molar refractivity (Wildman–Crippen MR) is 105 cm³/mol. The van der Waals surface area contributed by atoms with E-state index in [4.69, 9.17) is 0 Å². The van der Waals surface area contributed by atoms with Crippen molar-refractivity contribution in [2.75, 3.05) is 4.31 Å². The molecule has 3 rings (SSSR count). The van der Waals surface area contributed by atoms with Crippen molar-refractivity contribution < 1.29 is 13.2 Å². The van der Waals surface area contributed by atoms with E-state index in [0.717, 1.165) is 26.2 Å². The minimum atomic E-state index is -4.01. The van der Waals surface area contributed by atoms with Crippen LogP contribution in [0.15, 0.2) is 65.6 Å². The van der Waals surface area contributed by atoms with Gasteiger partial charge in [0.1, 0.15) is 0 Å². The summed E-state index contributed by atoms with van der Waals surface area (Å²) in [5.74, 6) is -0.454. The Kier molecular flexibility index (Phi) is 4.83. The Morgan fingerprint density at radius 1 is 0.923 bits per heavy atom. The summed E-state index contributed by atoms with van der Waals surface area (Å²) >= 11 is 0. The summed E-state index contributed by atoms with van der Waals surface area (Å²) < 4.78 is 27.6. The van der Waals surface area contributed by atoms with Crippen molar-refractivity contribution in [1.82, 2.24) is 0 Å². The maximum Gasteiger partial charge on any atom is 0.270 e. The Hall–Kier alpha value is -2.66. The molecule has 0 saturated carbocycles. The van der Waals surface area contributed by atoms with Crippen LogP contribution in [0.2, 0.25) is 0 Å². The van der Waals surface area contributed by atoms with Crippen molar-refractivity contribution in [2.45, 2.75) is 32.1 Å². The number of carbonyl (C=O) groups excluding carboxylic acids is 1. The van der Waals surface area contributed by atoms with Gasteiger partial charge in [-0.05, 0) is 48.4 Å². The molecule has 0 radical (unpaired) electrons. The predicted octanol–water partition coefficient (Wildman–Crippen LogP) is 4.59. The quantitative estimate of drug-likeness (QED) is 0.678. The number of rotatable bonds is 4. The summed E-state index contributed by atoms with van der Waals surface area (Å²) in [4.78, 5) is 12.7. The van der Waals surface area contributed by atoms with E-state index in [9.17, 15) is 13.2 Å². The van der Waals surface area contributed by atoms with Crippen molar-refractivity contribution in [3.63, 3.8) is 0 Å². The fourth-order valence-electron chi connectivity index (χ4n) is 3.01. The number of sulfonamides is 1. The average Bonchev–Trinajstić information content (AvgIpc) is 2.63. The molecule has 0 heterocycles. The third-order valence-corrected chi connectivity index (χ3v) is 6.09. The van der Waals surface area contributed by atoms with Crippen LogP contribution in [-0.2, 0) is 14.8 Å². The van der Waals surface area contributed by atoms with Crippen molar-refractivity contribution in [3.05, 3.63) is 71.8 Å². The first kappa shape index (κ1) is 18.1. The number of benzene rings is 3. The van der Waals surface area contributed by atoms with Gasteiger partial charge in [0.05, 0.1) is 10.6 Å². The molecule has 0 fully saturated rings. The van der Waals surface area contributed by atoms with Crippen LogP contribution in [0.3, 0.4) is 0 Å². The van der Waals surface area contributed by atoms with E-state index >= 15 is 0 Å². The first-order valence-electron chi connectivity index (χ1n) is 8.49. The molecule has 0 unspecified atom stereocenters. The molecule has 134 valence electrons. The van der Waals surface area contributed by atoms with Crippen molar-refractivity contribution in [2.24, 2.45) is 0 Å². The number of hydrogen-bond acceptors (Lipinski definition) is 3. The minimum absolute atomic E-state index is 0.0973. The fourth-order valence-corrected chi connectivity index (χ4v) is 4.60. The molecular weight excluding hydrogens is 346 g/mol. The van der Waals surface area contributed by atoms with Gasteiger partial charge in [-0.1, -0.05) is 55.0 Å². The lowest BCUT2D eigenvalue weighted by Crippen LogP contribution is -2.37. The first-order valence-corrected chi connectivity index (χ1v) is 9.93. The number of nitrogens with zero attached hydrogens (tertiary/aromatic N) is 1. The van der Waals surface area contributed by atoms with E-state index in [1.807, 2.05) is 50.2 Å². The van der Waals surface area contributed by atoms with Crippen molar-refractivity contribution >= 4 is 32.4 Å². The summed E-state index contributed by atoms with van der Waals surface area (Å²) in [5, 5.41) is 1.77. The van der Waals surface area contributed by atoms with Crippen LogP contribution in [-0.4, -0.2) is 14.3 Å². The van der Waals surface area contributed by atoms with Gasteiger partial charge in [0.15, 0.2) is 0 Å². The number of amides is 1. The highest BCUT2D eigenvalue weighted by Crippen LogP contribution is 2.29. The summed E-state index contributed by atoms with van der Waals surface area (Å²) in [7, 11) is -4.01. The van der Waals surface area contributed by atoms with Crippen LogP contribution in [0, 0.1) is 13.8 Å². The van der Waals surface area contributed by atoms with Crippen molar-refractivity contribution in [3.8, 4) is 0 Å². The monoisotopic (exact) mass is 367 g/mol. The molecule has 4 nitrogen and oxygen atoms in total. The van der Waals surface area contributed by atoms with Gasteiger partial charge in [-0.3, -0.25) is 4.79 Å².